The second-order valence-electron chi connectivity index (χ2n) is 5.88. The first-order valence-electron chi connectivity index (χ1n) is 7.82. The number of anilines is 1. The van der Waals surface area contributed by atoms with Crippen molar-refractivity contribution >= 4 is 53.2 Å². The van der Waals surface area contributed by atoms with Gasteiger partial charge in [-0.2, -0.15) is 0 Å². The maximum Gasteiger partial charge on any atom is 0.258 e. The number of amides is 1. The molecule has 4 rings (SSSR count). The van der Waals surface area contributed by atoms with Gasteiger partial charge in [-0.15, -0.1) is 0 Å². The minimum atomic E-state index is -3.50. The van der Waals surface area contributed by atoms with Gasteiger partial charge in [-0.1, -0.05) is 53.8 Å². The molecule has 26 heavy (non-hydrogen) atoms. The highest BCUT2D eigenvalue weighted by Crippen LogP contribution is 2.33. The van der Waals surface area contributed by atoms with Crippen molar-refractivity contribution in [1.29, 1.82) is 0 Å². The largest absolute Gasteiger partial charge is 0.298 e. The third-order valence-corrected chi connectivity index (χ3v) is 6.21. The molecule has 1 amide bonds. The Kier molecular flexibility index (Phi) is 3.97. The zero-order valence-corrected chi connectivity index (χ0v) is 15.4. The Hall–Kier alpha value is -2.77. The molecule has 3 aromatic carbocycles. The first kappa shape index (κ1) is 16.7. The molecule has 0 radical (unpaired) electrons. The number of aromatic nitrogens is 1. The van der Waals surface area contributed by atoms with E-state index in [1.165, 1.54) is 23.5 Å². The fraction of sp³-hybridized carbons (Fsp3) is 0.0526. The number of nitrogens with one attached hydrogen (secondary N) is 1. The summed E-state index contributed by atoms with van der Waals surface area (Å²) in [5, 5.41) is 5.33. The zero-order chi connectivity index (χ0) is 18.3. The Morgan fingerprint density at radius 3 is 2.54 bits per heavy atom. The number of fused-ring (bicyclic) bond motifs is 3. The summed E-state index contributed by atoms with van der Waals surface area (Å²) in [6, 6.07) is 18.0. The van der Waals surface area contributed by atoms with E-state index in [1.54, 1.807) is 12.1 Å². The molecule has 0 aliphatic carbocycles. The standard InChI is InChI=1S/C19H14N2O3S2/c1-26(23,24)16-9-5-4-8-14(16)18(22)21-19-20-15-11-10-12-6-2-3-7-13(12)17(15)25-19/h2-11H,1H3,(H,20,21,22). The monoisotopic (exact) mass is 382 g/mol. The Bertz CT molecular complexity index is 1260. The van der Waals surface area contributed by atoms with Gasteiger partial charge in [0.2, 0.25) is 0 Å². The number of carbonyl (C=O) groups excluding carboxylic acids is 1. The summed E-state index contributed by atoms with van der Waals surface area (Å²) < 4.78 is 24.8. The number of carbonyl (C=O) groups is 1. The van der Waals surface area contributed by atoms with E-state index in [4.69, 9.17) is 0 Å². The highest BCUT2D eigenvalue weighted by Gasteiger charge is 2.19. The Morgan fingerprint density at radius 2 is 1.73 bits per heavy atom. The molecule has 130 valence electrons. The molecule has 0 unspecified atom stereocenters. The molecule has 4 aromatic rings. The quantitative estimate of drug-likeness (QED) is 0.579. The number of hydrogen-bond donors (Lipinski definition) is 1. The number of hydrogen-bond acceptors (Lipinski definition) is 5. The molecule has 1 aromatic heterocycles. The van der Waals surface area contributed by atoms with Crippen molar-refractivity contribution in [1.82, 2.24) is 4.98 Å². The summed E-state index contributed by atoms with van der Waals surface area (Å²) in [6.45, 7) is 0. The molecule has 0 saturated carbocycles. The minimum absolute atomic E-state index is 0.00376. The number of benzene rings is 3. The van der Waals surface area contributed by atoms with Crippen LogP contribution in [0.3, 0.4) is 0 Å². The minimum Gasteiger partial charge on any atom is -0.298 e. The van der Waals surface area contributed by atoms with Gasteiger partial charge in [0.15, 0.2) is 15.0 Å². The van der Waals surface area contributed by atoms with Crippen LogP contribution in [0.4, 0.5) is 5.13 Å². The highest BCUT2D eigenvalue weighted by molar-refractivity contribution is 7.90. The maximum atomic E-state index is 12.6. The summed E-state index contributed by atoms with van der Waals surface area (Å²) in [4.78, 5) is 17.1. The Balaban J connectivity index is 1.74. The van der Waals surface area contributed by atoms with E-state index in [-0.39, 0.29) is 10.5 Å². The zero-order valence-electron chi connectivity index (χ0n) is 13.8. The van der Waals surface area contributed by atoms with E-state index in [9.17, 15) is 13.2 Å². The first-order chi connectivity index (χ1) is 12.4. The van der Waals surface area contributed by atoms with Crippen LogP contribution in [0.25, 0.3) is 21.0 Å². The van der Waals surface area contributed by atoms with Gasteiger partial charge in [0, 0.05) is 11.6 Å². The molecular formula is C19H14N2O3S2. The number of sulfone groups is 1. The van der Waals surface area contributed by atoms with E-state index in [2.05, 4.69) is 10.3 Å². The fourth-order valence-electron chi connectivity index (χ4n) is 2.85. The van der Waals surface area contributed by atoms with Crippen LogP contribution in [0.1, 0.15) is 10.4 Å². The van der Waals surface area contributed by atoms with E-state index < -0.39 is 15.7 Å². The van der Waals surface area contributed by atoms with Crippen LogP contribution >= 0.6 is 11.3 Å². The van der Waals surface area contributed by atoms with E-state index in [1.807, 2.05) is 36.4 Å². The van der Waals surface area contributed by atoms with Gasteiger partial charge in [-0.25, -0.2) is 13.4 Å². The molecule has 0 spiro atoms. The van der Waals surface area contributed by atoms with Crippen LogP contribution in [0.5, 0.6) is 0 Å². The highest BCUT2D eigenvalue weighted by atomic mass is 32.2. The van der Waals surface area contributed by atoms with Crippen molar-refractivity contribution in [3.8, 4) is 0 Å². The van der Waals surface area contributed by atoms with Crippen LogP contribution in [0, 0.1) is 0 Å². The molecule has 5 nitrogen and oxygen atoms in total. The van der Waals surface area contributed by atoms with Crippen molar-refractivity contribution in [2.75, 3.05) is 11.6 Å². The average molecular weight is 382 g/mol. The lowest BCUT2D eigenvalue weighted by molar-refractivity contribution is 0.102. The van der Waals surface area contributed by atoms with Crippen LogP contribution in [0.15, 0.2) is 65.6 Å². The molecule has 1 N–H and O–H groups in total. The second kappa shape index (κ2) is 6.19. The number of nitrogens with zero attached hydrogens (tertiary/aromatic N) is 1. The second-order valence-corrected chi connectivity index (χ2v) is 8.86. The predicted molar refractivity (Wildman–Crippen MR) is 105 cm³/mol. The van der Waals surface area contributed by atoms with Crippen LogP contribution in [-0.4, -0.2) is 25.6 Å². The Morgan fingerprint density at radius 1 is 1.00 bits per heavy atom. The van der Waals surface area contributed by atoms with Gasteiger partial charge in [0.05, 0.1) is 20.7 Å². The average Bonchev–Trinajstić information content (AvgIpc) is 3.04. The summed E-state index contributed by atoms with van der Waals surface area (Å²) in [5.74, 6) is -0.491. The molecule has 0 saturated heterocycles. The fourth-order valence-corrected chi connectivity index (χ4v) is 4.73. The normalized spacial score (nSPS) is 11.7. The van der Waals surface area contributed by atoms with Gasteiger partial charge in [-0.3, -0.25) is 10.1 Å². The Labute approximate surface area is 154 Å². The molecule has 1 heterocycles. The van der Waals surface area contributed by atoms with Crippen molar-refractivity contribution < 1.29 is 13.2 Å². The van der Waals surface area contributed by atoms with Crippen LogP contribution in [0.2, 0.25) is 0 Å². The molecule has 0 aliphatic heterocycles. The van der Waals surface area contributed by atoms with E-state index in [0.29, 0.717) is 5.13 Å². The van der Waals surface area contributed by atoms with Gasteiger partial charge in [0.1, 0.15) is 0 Å². The molecule has 7 heteroatoms. The smallest absolute Gasteiger partial charge is 0.258 e. The van der Waals surface area contributed by atoms with Crippen molar-refractivity contribution in [2.24, 2.45) is 0 Å². The third kappa shape index (κ3) is 2.95. The SMILES string of the molecule is CS(=O)(=O)c1ccccc1C(=O)Nc1nc2ccc3ccccc3c2s1. The summed E-state index contributed by atoms with van der Waals surface area (Å²) in [6.07, 6.45) is 1.09. The summed E-state index contributed by atoms with van der Waals surface area (Å²) in [7, 11) is -3.50. The summed E-state index contributed by atoms with van der Waals surface area (Å²) in [5.41, 5.74) is 0.902. The van der Waals surface area contributed by atoms with Gasteiger partial charge >= 0.3 is 0 Å². The third-order valence-electron chi connectivity index (χ3n) is 4.03. The molecule has 0 bridgehead atoms. The summed E-state index contributed by atoms with van der Waals surface area (Å²) >= 11 is 1.37. The molecule has 0 fully saturated rings. The van der Waals surface area contributed by atoms with Crippen LogP contribution < -0.4 is 5.32 Å². The lowest BCUT2D eigenvalue weighted by Gasteiger charge is -2.06. The first-order valence-corrected chi connectivity index (χ1v) is 10.5. The molecule has 0 aliphatic rings. The lowest BCUT2D eigenvalue weighted by Crippen LogP contribution is -2.15. The van der Waals surface area contributed by atoms with Gasteiger partial charge in [0.25, 0.3) is 5.91 Å². The van der Waals surface area contributed by atoms with Gasteiger partial charge in [-0.05, 0) is 23.6 Å². The molecular weight excluding hydrogens is 368 g/mol. The van der Waals surface area contributed by atoms with E-state index in [0.717, 1.165) is 27.2 Å². The lowest BCUT2D eigenvalue weighted by atomic mass is 10.1. The van der Waals surface area contributed by atoms with Crippen molar-refractivity contribution in [3.05, 3.63) is 66.2 Å². The van der Waals surface area contributed by atoms with Crippen molar-refractivity contribution in [3.63, 3.8) is 0 Å². The number of rotatable bonds is 3. The van der Waals surface area contributed by atoms with E-state index >= 15 is 0 Å². The maximum absolute atomic E-state index is 12.6. The predicted octanol–water partition coefficient (Wildman–Crippen LogP) is 4.11. The van der Waals surface area contributed by atoms with Crippen LogP contribution in [-0.2, 0) is 9.84 Å². The van der Waals surface area contributed by atoms with Crippen molar-refractivity contribution in [2.45, 2.75) is 4.90 Å². The van der Waals surface area contributed by atoms with Gasteiger partial charge < -0.3 is 0 Å². The molecule has 0 atom stereocenters. The number of thiazole rings is 1. The topological polar surface area (TPSA) is 76.1 Å².